The van der Waals surface area contributed by atoms with Crippen LogP contribution in [0.2, 0.25) is 0 Å². The Kier molecular flexibility index (Phi) is 4.67. The van der Waals surface area contributed by atoms with Crippen LogP contribution < -0.4 is 0 Å². The molecule has 0 amide bonds. The van der Waals surface area contributed by atoms with E-state index >= 15 is 0 Å². The molecule has 1 aromatic heterocycles. The molecule has 0 fully saturated rings. The highest BCUT2D eigenvalue weighted by Crippen LogP contribution is 2.51. The van der Waals surface area contributed by atoms with Crippen molar-refractivity contribution >= 4 is 32.6 Å². The van der Waals surface area contributed by atoms with Crippen LogP contribution in [0, 0.1) is 0 Å². The van der Waals surface area contributed by atoms with Gasteiger partial charge in [0.15, 0.2) is 0 Å². The van der Waals surface area contributed by atoms with Crippen LogP contribution in [0.5, 0.6) is 0 Å². The van der Waals surface area contributed by atoms with Gasteiger partial charge in [-0.1, -0.05) is 127 Å². The van der Waals surface area contributed by atoms with Gasteiger partial charge >= 0.3 is 0 Å². The SMILES string of the molecule is c1ccc(-c2cccc(-n3c4cccc5c4c4c6c(ccc(-c7ccccc7)c6ccc43)-c3ccccc3-5)c2)cc1. The Morgan fingerprint density at radius 3 is 1.68 bits per heavy atom. The third-order valence-electron chi connectivity index (χ3n) is 8.74. The highest BCUT2D eigenvalue weighted by atomic mass is 15.0. The van der Waals surface area contributed by atoms with Crippen molar-refractivity contribution in [1.82, 2.24) is 4.57 Å². The van der Waals surface area contributed by atoms with Crippen molar-refractivity contribution in [1.29, 1.82) is 0 Å². The predicted molar refractivity (Wildman–Crippen MR) is 174 cm³/mol. The Labute approximate surface area is 238 Å². The minimum absolute atomic E-state index is 1.18. The van der Waals surface area contributed by atoms with Gasteiger partial charge in [-0.2, -0.15) is 0 Å². The van der Waals surface area contributed by atoms with E-state index in [1.807, 2.05) is 0 Å². The number of rotatable bonds is 3. The summed E-state index contributed by atoms with van der Waals surface area (Å²) in [5.74, 6) is 0. The van der Waals surface area contributed by atoms with Crippen molar-refractivity contribution in [2.45, 2.75) is 0 Å². The van der Waals surface area contributed by atoms with Gasteiger partial charge in [0.1, 0.15) is 0 Å². The molecule has 8 aromatic rings. The summed E-state index contributed by atoms with van der Waals surface area (Å²) in [6.07, 6.45) is 0. The Balaban J connectivity index is 1.46. The summed E-state index contributed by atoms with van der Waals surface area (Å²) in [5.41, 5.74) is 13.8. The maximum atomic E-state index is 2.47. The normalized spacial score (nSPS) is 11.9. The van der Waals surface area contributed by atoms with Gasteiger partial charge in [-0.3, -0.25) is 0 Å². The largest absolute Gasteiger partial charge is 0.309 e. The second-order valence-electron chi connectivity index (χ2n) is 10.9. The average Bonchev–Trinajstić information content (AvgIpc) is 3.33. The van der Waals surface area contributed by atoms with E-state index in [1.165, 1.54) is 82.8 Å². The molecule has 0 saturated heterocycles. The maximum absolute atomic E-state index is 2.47. The van der Waals surface area contributed by atoms with Crippen LogP contribution in [0.1, 0.15) is 0 Å². The zero-order chi connectivity index (χ0) is 26.9. The van der Waals surface area contributed by atoms with E-state index in [0.29, 0.717) is 0 Å². The molecule has 9 rings (SSSR count). The molecule has 0 unspecified atom stereocenters. The van der Waals surface area contributed by atoms with Gasteiger partial charge in [0.25, 0.3) is 0 Å². The lowest BCUT2D eigenvalue weighted by molar-refractivity contribution is 1.18. The first kappa shape index (κ1) is 22.4. The number of hydrogen-bond acceptors (Lipinski definition) is 0. The molecule has 0 radical (unpaired) electrons. The quantitative estimate of drug-likeness (QED) is 0.219. The van der Waals surface area contributed by atoms with E-state index in [1.54, 1.807) is 0 Å². The minimum atomic E-state index is 1.18. The molecule has 0 bridgehead atoms. The molecule has 1 aliphatic carbocycles. The monoisotopic (exact) mass is 519 g/mol. The lowest BCUT2D eigenvalue weighted by Crippen LogP contribution is -1.95. The Morgan fingerprint density at radius 1 is 0.317 bits per heavy atom. The first-order chi connectivity index (χ1) is 20.4. The third-order valence-corrected chi connectivity index (χ3v) is 8.74. The highest BCUT2D eigenvalue weighted by molar-refractivity contribution is 6.31. The van der Waals surface area contributed by atoms with Gasteiger partial charge in [-0.05, 0) is 74.2 Å². The molecule has 7 aromatic carbocycles. The van der Waals surface area contributed by atoms with Crippen molar-refractivity contribution in [3.63, 3.8) is 0 Å². The van der Waals surface area contributed by atoms with Crippen molar-refractivity contribution in [3.05, 3.63) is 152 Å². The number of fused-ring (bicyclic) bond motifs is 3. The highest BCUT2D eigenvalue weighted by Gasteiger charge is 2.25. The molecule has 1 heteroatoms. The molecule has 0 aliphatic heterocycles. The second-order valence-corrected chi connectivity index (χ2v) is 10.9. The smallest absolute Gasteiger partial charge is 0.0548 e. The molecule has 1 heterocycles. The van der Waals surface area contributed by atoms with Crippen LogP contribution in [-0.2, 0) is 0 Å². The summed E-state index contributed by atoms with van der Waals surface area (Å²) in [6.45, 7) is 0. The molecule has 0 N–H and O–H groups in total. The van der Waals surface area contributed by atoms with Gasteiger partial charge in [0.2, 0.25) is 0 Å². The zero-order valence-electron chi connectivity index (χ0n) is 22.4. The second kappa shape index (κ2) is 8.55. The van der Waals surface area contributed by atoms with Crippen LogP contribution in [0.3, 0.4) is 0 Å². The van der Waals surface area contributed by atoms with Gasteiger partial charge in [0.05, 0.1) is 11.0 Å². The molecule has 0 saturated carbocycles. The van der Waals surface area contributed by atoms with Gasteiger partial charge in [-0.25, -0.2) is 0 Å². The van der Waals surface area contributed by atoms with Crippen molar-refractivity contribution in [2.24, 2.45) is 0 Å². The van der Waals surface area contributed by atoms with Gasteiger partial charge < -0.3 is 4.57 Å². The molecule has 1 nitrogen and oxygen atoms in total. The fourth-order valence-electron chi connectivity index (χ4n) is 7.00. The Morgan fingerprint density at radius 2 is 0.902 bits per heavy atom. The van der Waals surface area contributed by atoms with Crippen molar-refractivity contribution < 1.29 is 0 Å². The number of hydrogen-bond donors (Lipinski definition) is 0. The van der Waals surface area contributed by atoms with E-state index in [9.17, 15) is 0 Å². The van der Waals surface area contributed by atoms with E-state index in [-0.39, 0.29) is 0 Å². The third kappa shape index (κ3) is 3.18. The van der Waals surface area contributed by atoms with Crippen molar-refractivity contribution in [2.75, 3.05) is 0 Å². The van der Waals surface area contributed by atoms with E-state index in [2.05, 4.69) is 156 Å². The van der Waals surface area contributed by atoms with Gasteiger partial charge in [0, 0.05) is 21.8 Å². The van der Waals surface area contributed by atoms with E-state index in [0.717, 1.165) is 0 Å². The first-order valence-corrected chi connectivity index (χ1v) is 14.2. The summed E-state index contributed by atoms with van der Waals surface area (Å²) >= 11 is 0. The summed E-state index contributed by atoms with van der Waals surface area (Å²) < 4.78 is 2.47. The number of aromatic nitrogens is 1. The Bertz CT molecular complexity index is 2290. The van der Waals surface area contributed by atoms with E-state index in [4.69, 9.17) is 0 Å². The molecular weight excluding hydrogens is 494 g/mol. The predicted octanol–water partition coefficient (Wildman–Crippen LogP) is 10.9. The molecule has 0 atom stereocenters. The fourth-order valence-corrected chi connectivity index (χ4v) is 7.00. The molecule has 41 heavy (non-hydrogen) atoms. The number of nitrogens with zero attached hydrogens (tertiary/aromatic N) is 1. The summed E-state index contributed by atoms with van der Waals surface area (Å²) in [5, 5.41) is 5.30. The molecule has 1 aliphatic rings. The van der Waals surface area contributed by atoms with Crippen LogP contribution in [-0.4, -0.2) is 4.57 Å². The first-order valence-electron chi connectivity index (χ1n) is 14.2. The Hall–Kier alpha value is -5.40. The number of benzene rings is 7. The van der Waals surface area contributed by atoms with Crippen LogP contribution in [0.4, 0.5) is 0 Å². The molecule has 0 spiro atoms. The molecular formula is C40H25N. The zero-order valence-corrected chi connectivity index (χ0v) is 22.4. The minimum Gasteiger partial charge on any atom is -0.309 e. The summed E-state index contributed by atoms with van der Waals surface area (Å²) in [4.78, 5) is 0. The summed E-state index contributed by atoms with van der Waals surface area (Å²) in [7, 11) is 0. The lowest BCUT2D eigenvalue weighted by atomic mass is 9.90. The summed E-state index contributed by atoms with van der Waals surface area (Å²) in [6, 6.07) is 55.4. The maximum Gasteiger partial charge on any atom is 0.0548 e. The van der Waals surface area contributed by atoms with Crippen LogP contribution in [0.25, 0.3) is 82.8 Å². The fraction of sp³-hybridized carbons (Fsp3) is 0. The van der Waals surface area contributed by atoms with Crippen LogP contribution >= 0.6 is 0 Å². The van der Waals surface area contributed by atoms with Crippen LogP contribution in [0.15, 0.2) is 152 Å². The lowest BCUT2D eigenvalue weighted by Gasteiger charge is -2.16. The van der Waals surface area contributed by atoms with Crippen molar-refractivity contribution in [3.8, 4) is 50.2 Å². The average molecular weight is 520 g/mol. The van der Waals surface area contributed by atoms with Gasteiger partial charge in [-0.15, -0.1) is 0 Å². The topological polar surface area (TPSA) is 4.93 Å². The van der Waals surface area contributed by atoms with E-state index < -0.39 is 0 Å². The standard InChI is InChI=1S/C40H25N/c1-3-11-26(12-4-1)28-15-9-16-29(25-28)41-36-20-10-19-33-31-17-7-8-18-32(31)35-22-21-30(27-13-5-2-6-14-27)34-23-24-37(41)40(38(34)35)39(33)36/h1-25H. The molecule has 190 valence electrons.